The number of halogens is 1. The summed E-state index contributed by atoms with van der Waals surface area (Å²) in [5.74, 6) is 0.961. The van der Waals surface area contributed by atoms with Crippen molar-refractivity contribution in [1.82, 2.24) is 4.90 Å². The Labute approximate surface area is 153 Å². The molecule has 0 aliphatic carbocycles. The van der Waals surface area contributed by atoms with E-state index in [0.717, 1.165) is 11.1 Å². The molecule has 0 fully saturated rings. The molecule has 0 aliphatic rings. The van der Waals surface area contributed by atoms with Crippen molar-refractivity contribution >= 4 is 23.6 Å². The quantitative estimate of drug-likeness (QED) is 0.687. The summed E-state index contributed by atoms with van der Waals surface area (Å²) in [6, 6.07) is 13.4. The van der Waals surface area contributed by atoms with E-state index in [1.807, 2.05) is 37.3 Å². The molecule has 0 atom stereocenters. The largest absolute Gasteiger partial charge is 0.493 e. The Kier molecular flexibility index (Phi) is 6.90. The van der Waals surface area contributed by atoms with Crippen LogP contribution in [0, 0.1) is 0 Å². The molecule has 0 spiro atoms. The zero-order valence-corrected chi connectivity index (χ0v) is 15.4. The smallest absolute Gasteiger partial charge is 0.246 e. The lowest BCUT2D eigenvalue weighted by Gasteiger charge is -2.15. The third kappa shape index (κ3) is 5.26. The van der Waals surface area contributed by atoms with Crippen LogP contribution in [0.3, 0.4) is 0 Å². The Hall–Kier alpha value is -2.46. The number of likely N-dealkylation sites (N-methyl/N-ethyl adjacent to an activating group) is 1. The molecule has 0 unspecified atom stereocenters. The number of carbonyl (C=O) groups excluding carboxylic acids is 1. The first-order valence-corrected chi connectivity index (χ1v) is 8.40. The van der Waals surface area contributed by atoms with Gasteiger partial charge in [0.2, 0.25) is 5.91 Å². The first-order valence-electron chi connectivity index (χ1n) is 8.02. The van der Waals surface area contributed by atoms with Crippen LogP contribution < -0.4 is 9.47 Å². The SMILES string of the molecule is CCOc1c(Cl)cc(/C=C/C(=O)N(C)Cc2ccccc2)cc1OC. The van der Waals surface area contributed by atoms with Gasteiger partial charge in [-0.1, -0.05) is 41.9 Å². The summed E-state index contributed by atoms with van der Waals surface area (Å²) in [5.41, 5.74) is 1.85. The highest BCUT2D eigenvalue weighted by Crippen LogP contribution is 2.36. The van der Waals surface area contributed by atoms with Gasteiger partial charge < -0.3 is 14.4 Å². The van der Waals surface area contributed by atoms with E-state index in [-0.39, 0.29) is 5.91 Å². The summed E-state index contributed by atoms with van der Waals surface area (Å²) < 4.78 is 10.8. The van der Waals surface area contributed by atoms with Crippen LogP contribution in [0.4, 0.5) is 0 Å². The summed E-state index contributed by atoms with van der Waals surface area (Å²) >= 11 is 6.24. The molecule has 0 radical (unpaired) electrons. The number of carbonyl (C=O) groups is 1. The second-order valence-electron chi connectivity index (χ2n) is 5.48. The van der Waals surface area contributed by atoms with Gasteiger partial charge in [-0.05, 0) is 36.3 Å². The van der Waals surface area contributed by atoms with E-state index in [1.165, 1.54) is 6.08 Å². The van der Waals surface area contributed by atoms with Gasteiger partial charge in [-0.25, -0.2) is 0 Å². The number of hydrogen-bond donors (Lipinski definition) is 0. The summed E-state index contributed by atoms with van der Waals surface area (Å²) in [6.45, 7) is 2.93. The van der Waals surface area contributed by atoms with Crippen LogP contribution in [0.15, 0.2) is 48.5 Å². The maximum atomic E-state index is 12.3. The number of rotatable bonds is 7. The lowest BCUT2D eigenvalue weighted by Crippen LogP contribution is -2.24. The minimum Gasteiger partial charge on any atom is -0.493 e. The molecule has 0 aliphatic heterocycles. The van der Waals surface area contributed by atoms with Crippen molar-refractivity contribution in [3.8, 4) is 11.5 Å². The van der Waals surface area contributed by atoms with Gasteiger partial charge in [-0.3, -0.25) is 4.79 Å². The van der Waals surface area contributed by atoms with E-state index in [4.69, 9.17) is 21.1 Å². The van der Waals surface area contributed by atoms with Crippen molar-refractivity contribution in [2.75, 3.05) is 20.8 Å². The number of ether oxygens (including phenoxy) is 2. The van der Waals surface area contributed by atoms with Crippen molar-refractivity contribution < 1.29 is 14.3 Å². The fourth-order valence-corrected chi connectivity index (χ4v) is 2.62. The molecule has 0 aromatic heterocycles. The molecule has 0 saturated heterocycles. The number of methoxy groups -OCH3 is 1. The molecule has 0 bridgehead atoms. The van der Waals surface area contributed by atoms with E-state index in [1.54, 1.807) is 37.3 Å². The van der Waals surface area contributed by atoms with Crippen LogP contribution in [-0.2, 0) is 11.3 Å². The lowest BCUT2D eigenvalue weighted by molar-refractivity contribution is -0.125. The maximum Gasteiger partial charge on any atom is 0.246 e. The first-order chi connectivity index (χ1) is 12.0. The first kappa shape index (κ1) is 18.9. The van der Waals surface area contributed by atoms with Gasteiger partial charge in [-0.15, -0.1) is 0 Å². The molecular formula is C20H22ClNO3. The van der Waals surface area contributed by atoms with Crippen LogP contribution in [0.5, 0.6) is 11.5 Å². The molecular weight excluding hydrogens is 338 g/mol. The maximum absolute atomic E-state index is 12.3. The molecule has 1 amide bonds. The van der Waals surface area contributed by atoms with Crippen LogP contribution >= 0.6 is 11.6 Å². The Morgan fingerprint density at radius 3 is 2.60 bits per heavy atom. The molecule has 0 heterocycles. The van der Waals surface area contributed by atoms with Gasteiger partial charge in [0.05, 0.1) is 18.7 Å². The standard InChI is InChI=1S/C20H22ClNO3/c1-4-25-20-17(21)12-16(13-18(20)24-3)10-11-19(23)22(2)14-15-8-6-5-7-9-15/h5-13H,4,14H2,1-3H3/b11-10+. The number of amides is 1. The highest BCUT2D eigenvalue weighted by atomic mass is 35.5. The Morgan fingerprint density at radius 1 is 1.24 bits per heavy atom. The van der Waals surface area contributed by atoms with Crippen LogP contribution in [-0.4, -0.2) is 31.6 Å². The minimum absolute atomic E-state index is 0.0900. The van der Waals surface area contributed by atoms with Crippen molar-refractivity contribution in [1.29, 1.82) is 0 Å². The van der Waals surface area contributed by atoms with Gasteiger partial charge >= 0.3 is 0 Å². The van der Waals surface area contributed by atoms with Gasteiger partial charge in [0.15, 0.2) is 11.5 Å². The minimum atomic E-state index is -0.0900. The summed E-state index contributed by atoms with van der Waals surface area (Å²) in [5, 5.41) is 0.450. The van der Waals surface area contributed by atoms with E-state index in [2.05, 4.69) is 0 Å². The number of nitrogens with zero attached hydrogens (tertiary/aromatic N) is 1. The second kappa shape index (κ2) is 9.14. The van der Waals surface area contributed by atoms with Crippen LogP contribution in [0.25, 0.3) is 6.08 Å². The molecule has 25 heavy (non-hydrogen) atoms. The predicted octanol–water partition coefficient (Wildman–Crippen LogP) is 4.42. The molecule has 0 N–H and O–H groups in total. The summed E-state index contributed by atoms with van der Waals surface area (Å²) in [6.07, 6.45) is 3.24. The normalized spacial score (nSPS) is 10.7. The van der Waals surface area contributed by atoms with Crippen molar-refractivity contribution in [3.05, 3.63) is 64.7 Å². The predicted molar refractivity (Wildman–Crippen MR) is 101 cm³/mol. The Morgan fingerprint density at radius 2 is 1.96 bits per heavy atom. The van der Waals surface area contributed by atoms with Crippen molar-refractivity contribution in [3.63, 3.8) is 0 Å². The number of hydrogen-bond acceptors (Lipinski definition) is 3. The van der Waals surface area contributed by atoms with Crippen LogP contribution in [0.2, 0.25) is 5.02 Å². The molecule has 0 saturated carbocycles. The second-order valence-corrected chi connectivity index (χ2v) is 5.89. The molecule has 2 rings (SSSR count). The van der Waals surface area contributed by atoms with Gasteiger partial charge in [0, 0.05) is 19.7 Å². The van der Waals surface area contributed by atoms with Crippen LogP contribution in [0.1, 0.15) is 18.1 Å². The molecule has 132 valence electrons. The zero-order chi connectivity index (χ0) is 18.2. The van der Waals surface area contributed by atoms with E-state index in [9.17, 15) is 4.79 Å². The topological polar surface area (TPSA) is 38.8 Å². The molecule has 4 nitrogen and oxygen atoms in total. The lowest BCUT2D eigenvalue weighted by atomic mass is 10.1. The highest BCUT2D eigenvalue weighted by Gasteiger charge is 2.11. The monoisotopic (exact) mass is 359 g/mol. The van der Waals surface area contributed by atoms with Gasteiger partial charge in [0.1, 0.15) is 0 Å². The Balaban J connectivity index is 2.10. The van der Waals surface area contributed by atoms with E-state index < -0.39 is 0 Å². The average Bonchev–Trinajstić information content (AvgIpc) is 2.62. The molecule has 2 aromatic carbocycles. The summed E-state index contributed by atoms with van der Waals surface area (Å²) in [7, 11) is 3.33. The van der Waals surface area contributed by atoms with Gasteiger partial charge in [0.25, 0.3) is 0 Å². The molecule has 2 aromatic rings. The Bertz CT molecular complexity index is 744. The van der Waals surface area contributed by atoms with Gasteiger partial charge in [-0.2, -0.15) is 0 Å². The number of benzene rings is 2. The zero-order valence-electron chi connectivity index (χ0n) is 14.7. The summed E-state index contributed by atoms with van der Waals surface area (Å²) in [4.78, 5) is 13.9. The van der Waals surface area contributed by atoms with Crippen molar-refractivity contribution in [2.45, 2.75) is 13.5 Å². The average molecular weight is 360 g/mol. The van der Waals surface area contributed by atoms with E-state index in [0.29, 0.717) is 29.7 Å². The third-order valence-electron chi connectivity index (χ3n) is 3.60. The highest BCUT2D eigenvalue weighted by molar-refractivity contribution is 6.32. The van der Waals surface area contributed by atoms with Crippen molar-refractivity contribution in [2.24, 2.45) is 0 Å². The fourth-order valence-electron chi connectivity index (χ4n) is 2.35. The third-order valence-corrected chi connectivity index (χ3v) is 3.88. The van der Waals surface area contributed by atoms with E-state index >= 15 is 0 Å². The fraction of sp³-hybridized carbons (Fsp3) is 0.250. The molecule has 5 heteroatoms.